The van der Waals surface area contributed by atoms with Crippen LogP contribution in [0.25, 0.3) is 0 Å². The first-order valence-corrected chi connectivity index (χ1v) is 7.04. The SMILES string of the molecule is CCN(CC)C1=NC(N(CC)CC)N(C(C)=O)[C]=C1. The summed E-state index contributed by atoms with van der Waals surface area (Å²) in [5.41, 5.74) is 0. The molecule has 0 aromatic carbocycles. The van der Waals surface area contributed by atoms with Crippen LogP contribution < -0.4 is 0 Å². The van der Waals surface area contributed by atoms with Gasteiger partial charge in [0.2, 0.25) is 5.91 Å². The summed E-state index contributed by atoms with van der Waals surface area (Å²) in [6, 6.07) is 0. The topological polar surface area (TPSA) is 39.1 Å². The fourth-order valence-electron chi connectivity index (χ4n) is 2.18. The highest BCUT2D eigenvalue weighted by molar-refractivity contribution is 5.94. The van der Waals surface area contributed by atoms with Crippen molar-refractivity contribution in [2.75, 3.05) is 26.2 Å². The molecule has 0 fully saturated rings. The molecule has 0 aromatic rings. The van der Waals surface area contributed by atoms with Crippen LogP contribution >= 0.6 is 0 Å². The maximum Gasteiger partial charge on any atom is 0.226 e. The fourth-order valence-corrected chi connectivity index (χ4v) is 2.18. The summed E-state index contributed by atoms with van der Waals surface area (Å²) in [7, 11) is 0. The summed E-state index contributed by atoms with van der Waals surface area (Å²) >= 11 is 0. The van der Waals surface area contributed by atoms with Crippen molar-refractivity contribution in [3.63, 3.8) is 0 Å². The quantitative estimate of drug-likeness (QED) is 0.757. The Kier molecular flexibility index (Phi) is 6.02. The van der Waals surface area contributed by atoms with Crippen molar-refractivity contribution in [3.05, 3.63) is 12.3 Å². The van der Waals surface area contributed by atoms with E-state index < -0.39 is 0 Å². The van der Waals surface area contributed by atoms with Crippen molar-refractivity contribution in [3.8, 4) is 0 Å². The number of amidine groups is 1. The summed E-state index contributed by atoms with van der Waals surface area (Å²) in [5.74, 6) is 0.870. The number of rotatable bonds is 5. The standard InChI is InChI=1S/C14H25N4O/c1-6-16(7-2)13-10-11-18(12(5)19)14(15-13)17(8-3)9-4/h10,14H,6-9H2,1-5H3. The Labute approximate surface area is 116 Å². The monoisotopic (exact) mass is 265 g/mol. The average molecular weight is 265 g/mol. The first-order valence-electron chi connectivity index (χ1n) is 7.04. The lowest BCUT2D eigenvalue weighted by Gasteiger charge is -2.37. The van der Waals surface area contributed by atoms with Crippen molar-refractivity contribution < 1.29 is 4.79 Å². The van der Waals surface area contributed by atoms with Crippen LogP contribution in [0.1, 0.15) is 34.6 Å². The second kappa shape index (κ2) is 7.28. The van der Waals surface area contributed by atoms with Gasteiger partial charge in [-0.25, -0.2) is 4.99 Å². The molecule has 19 heavy (non-hydrogen) atoms. The number of amides is 1. The number of nitrogens with zero attached hydrogens (tertiary/aromatic N) is 4. The minimum absolute atomic E-state index is 0.0319. The van der Waals surface area contributed by atoms with E-state index in [-0.39, 0.29) is 12.2 Å². The number of carbonyl (C=O) groups is 1. The molecule has 0 spiro atoms. The van der Waals surface area contributed by atoms with Crippen LogP contribution in [0.4, 0.5) is 0 Å². The van der Waals surface area contributed by atoms with Crippen molar-refractivity contribution in [1.82, 2.24) is 14.7 Å². The summed E-state index contributed by atoms with van der Waals surface area (Å²) in [6.07, 6.45) is 4.59. The van der Waals surface area contributed by atoms with E-state index in [1.807, 2.05) is 0 Å². The van der Waals surface area contributed by atoms with Gasteiger partial charge in [-0.1, -0.05) is 13.8 Å². The van der Waals surface area contributed by atoms with Crippen molar-refractivity contribution in [1.29, 1.82) is 0 Å². The predicted molar refractivity (Wildman–Crippen MR) is 77.4 cm³/mol. The molecule has 107 valence electrons. The first kappa shape index (κ1) is 15.7. The molecule has 0 saturated carbocycles. The molecule has 1 heterocycles. The molecule has 1 aliphatic heterocycles. The van der Waals surface area contributed by atoms with E-state index in [0.717, 1.165) is 32.0 Å². The van der Waals surface area contributed by atoms with Crippen LogP contribution in [-0.2, 0) is 4.79 Å². The van der Waals surface area contributed by atoms with Gasteiger partial charge in [0.1, 0.15) is 5.84 Å². The number of hydrogen-bond acceptors (Lipinski definition) is 4. The molecule has 1 radical (unpaired) electrons. The lowest BCUT2D eigenvalue weighted by atomic mass is 10.3. The maximum atomic E-state index is 11.7. The van der Waals surface area contributed by atoms with Crippen LogP contribution in [0.5, 0.6) is 0 Å². The van der Waals surface area contributed by atoms with Gasteiger partial charge in [0.15, 0.2) is 6.29 Å². The molecule has 1 aliphatic rings. The molecule has 5 heteroatoms. The third-order valence-electron chi connectivity index (χ3n) is 3.38. The zero-order valence-corrected chi connectivity index (χ0v) is 12.7. The van der Waals surface area contributed by atoms with Gasteiger partial charge in [-0.3, -0.25) is 14.6 Å². The van der Waals surface area contributed by atoms with E-state index >= 15 is 0 Å². The largest absolute Gasteiger partial charge is 0.357 e. The zero-order valence-electron chi connectivity index (χ0n) is 12.7. The zero-order chi connectivity index (χ0) is 14.4. The lowest BCUT2D eigenvalue weighted by Crippen LogP contribution is -2.50. The summed E-state index contributed by atoms with van der Waals surface area (Å²) < 4.78 is 0. The highest BCUT2D eigenvalue weighted by atomic mass is 16.2. The van der Waals surface area contributed by atoms with Crippen LogP contribution in [0, 0.1) is 6.20 Å². The number of aliphatic imine (C=N–C) groups is 1. The van der Waals surface area contributed by atoms with Crippen LogP contribution in [0.2, 0.25) is 0 Å². The van der Waals surface area contributed by atoms with Gasteiger partial charge >= 0.3 is 0 Å². The number of carbonyl (C=O) groups excluding carboxylic acids is 1. The maximum absolute atomic E-state index is 11.7. The molecule has 0 bridgehead atoms. The van der Waals surface area contributed by atoms with Gasteiger partial charge in [-0.15, -0.1) is 0 Å². The average Bonchev–Trinajstić information content (AvgIpc) is 2.41. The Morgan fingerprint density at radius 3 is 2.26 bits per heavy atom. The molecule has 0 N–H and O–H groups in total. The summed E-state index contributed by atoms with van der Waals surface area (Å²) in [4.78, 5) is 22.3. The Morgan fingerprint density at radius 2 is 1.84 bits per heavy atom. The summed E-state index contributed by atoms with van der Waals surface area (Å²) in [5, 5.41) is 0. The van der Waals surface area contributed by atoms with Gasteiger partial charge in [0, 0.05) is 26.1 Å². The Bertz CT molecular complexity index is 356. The fraction of sp³-hybridized carbons (Fsp3) is 0.714. The van der Waals surface area contributed by atoms with Gasteiger partial charge in [0.05, 0.1) is 6.20 Å². The molecule has 1 amide bonds. The molecule has 1 atom stereocenters. The van der Waals surface area contributed by atoms with Crippen molar-refractivity contribution >= 4 is 11.7 Å². The van der Waals surface area contributed by atoms with Crippen LogP contribution in [-0.4, -0.2) is 58.9 Å². The number of hydrogen-bond donors (Lipinski definition) is 0. The summed E-state index contributed by atoms with van der Waals surface area (Å²) in [6.45, 7) is 13.4. The van der Waals surface area contributed by atoms with E-state index in [9.17, 15) is 4.79 Å². The molecular weight excluding hydrogens is 240 g/mol. The van der Waals surface area contributed by atoms with E-state index in [1.165, 1.54) is 0 Å². The first-order chi connectivity index (χ1) is 9.08. The second-order valence-corrected chi connectivity index (χ2v) is 4.39. The van der Waals surface area contributed by atoms with Crippen molar-refractivity contribution in [2.45, 2.75) is 40.9 Å². The highest BCUT2D eigenvalue weighted by Gasteiger charge is 2.27. The molecule has 5 nitrogen and oxygen atoms in total. The molecule has 0 aromatic heterocycles. The van der Waals surface area contributed by atoms with Crippen molar-refractivity contribution in [2.24, 2.45) is 4.99 Å². The number of likely N-dealkylation sites (N-methyl/N-ethyl adjacent to an activating group) is 1. The smallest absolute Gasteiger partial charge is 0.226 e. The molecule has 1 rings (SSSR count). The second-order valence-electron chi connectivity index (χ2n) is 4.39. The van der Waals surface area contributed by atoms with Gasteiger partial charge in [-0.2, -0.15) is 0 Å². The van der Waals surface area contributed by atoms with E-state index in [0.29, 0.717) is 0 Å². The van der Waals surface area contributed by atoms with Gasteiger partial charge in [-0.05, 0) is 26.9 Å². The van der Waals surface area contributed by atoms with Gasteiger partial charge in [0.25, 0.3) is 0 Å². The highest BCUT2D eigenvalue weighted by Crippen LogP contribution is 2.14. The molecule has 0 saturated heterocycles. The Balaban J connectivity index is 3.03. The Hall–Kier alpha value is -1.36. The predicted octanol–water partition coefficient (Wildman–Crippen LogP) is 1.53. The molecule has 0 aliphatic carbocycles. The molecular formula is C14H25N4O. The third-order valence-corrected chi connectivity index (χ3v) is 3.38. The van der Waals surface area contributed by atoms with E-state index in [2.05, 4.69) is 43.7 Å². The normalized spacial score (nSPS) is 18.7. The minimum Gasteiger partial charge on any atom is -0.357 e. The molecule has 1 unspecified atom stereocenters. The van der Waals surface area contributed by atoms with Crippen LogP contribution in [0.15, 0.2) is 11.1 Å². The lowest BCUT2D eigenvalue weighted by molar-refractivity contribution is -0.132. The Morgan fingerprint density at radius 1 is 1.26 bits per heavy atom. The van der Waals surface area contributed by atoms with Gasteiger partial charge < -0.3 is 4.90 Å². The minimum atomic E-state index is -0.270. The van der Waals surface area contributed by atoms with E-state index in [1.54, 1.807) is 17.9 Å². The van der Waals surface area contributed by atoms with E-state index in [4.69, 9.17) is 4.99 Å². The third kappa shape index (κ3) is 3.56. The van der Waals surface area contributed by atoms with Crippen LogP contribution in [0.3, 0.4) is 0 Å².